The Labute approximate surface area is 142 Å². The minimum absolute atomic E-state index is 0.0266. The number of fused-ring (bicyclic) bond motifs is 1. The number of thioether (sulfide) groups is 1. The third-order valence-corrected chi connectivity index (χ3v) is 4.39. The van der Waals surface area contributed by atoms with Crippen LogP contribution in [0.5, 0.6) is 0 Å². The lowest BCUT2D eigenvalue weighted by atomic mass is 10.2. The van der Waals surface area contributed by atoms with Crippen molar-refractivity contribution in [2.45, 2.75) is 4.90 Å². The summed E-state index contributed by atoms with van der Waals surface area (Å²) in [5, 5.41) is 20.1. The molecule has 0 aliphatic rings. The van der Waals surface area contributed by atoms with E-state index < -0.39 is 0 Å². The number of hydrogen-bond donors (Lipinski definition) is 2. The quantitative estimate of drug-likeness (QED) is 0.433. The predicted octanol–water partition coefficient (Wildman–Crippen LogP) is 3.51. The molecule has 0 atom stereocenters. The number of aliphatic hydroxyl groups is 1. The number of benzene rings is 2. The Hall–Kier alpha value is -3.04. The zero-order valence-electron chi connectivity index (χ0n) is 12.6. The molecule has 2 N–H and O–H groups in total. The summed E-state index contributed by atoms with van der Waals surface area (Å²) >= 11 is 1.40. The van der Waals surface area contributed by atoms with E-state index in [-0.39, 0.29) is 28.5 Å². The molecule has 0 saturated carbocycles. The minimum Gasteiger partial charge on any atom is -0.510 e. The van der Waals surface area contributed by atoms with Crippen LogP contribution in [0.25, 0.3) is 16.5 Å². The van der Waals surface area contributed by atoms with Crippen LogP contribution in [0, 0.1) is 11.3 Å². The molecule has 5 nitrogen and oxygen atoms in total. The second-order valence-corrected chi connectivity index (χ2v) is 6.02. The molecule has 2 aromatic carbocycles. The number of nitriles is 1. The van der Waals surface area contributed by atoms with Gasteiger partial charge in [0.05, 0.1) is 16.7 Å². The summed E-state index contributed by atoms with van der Waals surface area (Å²) in [4.78, 5) is 19.9. The van der Waals surface area contributed by atoms with E-state index in [1.165, 1.54) is 11.8 Å². The fourth-order valence-electron chi connectivity index (χ4n) is 2.20. The van der Waals surface area contributed by atoms with E-state index in [0.717, 1.165) is 4.90 Å². The molecule has 24 heavy (non-hydrogen) atoms. The molecule has 118 valence electrons. The van der Waals surface area contributed by atoms with E-state index in [4.69, 9.17) is 0 Å². The molecule has 0 fully saturated rings. The number of hydrogen-bond acceptors (Lipinski definition) is 5. The van der Waals surface area contributed by atoms with E-state index in [1.807, 2.05) is 36.4 Å². The van der Waals surface area contributed by atoms with E-state index in [9.17, 15) is 15.2 Å². The van der Waals surface area contributed by atoms with Crippen LogP contribution in [-0.4, -0.2) is 20.8 Å². The average molecular weight is 335 g/mol. The van der Waals surface area contributed by atoms with E-state index in [0.29, 0.717) is 10.9 Å². The highest BCUT2D eigenvalue weighted by Crippen LogP contribution is 2.23. The highest BCUT2D eigenvalue weighted by Gasteiger charge is 2.13. The number of aliphatic hydroxyl groups excluding tert-OH is 1. The fourth-order valence-corrected chi connectivity index (χ4v) is 3.00. The molecular weight excluding hydrogens is 322 g/mol. The molecule has 1 aromatic heterocycles. The number of nitrogens with zero attached hydrogens (tertiary/aromatic N) is 2. The second-order valence-electron chi connectivity index (χ2n) is 4.97. The van der Waals surface area contributed by atoms with Gasteiger partial charge >= 0.3 is 0 Å². The average Bonchev–Trinajstić information content (AvgIpc) is 2.61. The molecule has 0 radical (unpaired) electrons. The van der Waals surface area contributed by atoms with Gasteiger partial charge in [-0.15, -0.1) is 11.8 Å². The number of para-hydroxylation sites is 1. The first-order chi connectivity index (χ1) is 11.7. The van der Waals surface area contributed by atoms with Crippen molar-refractivity contribution < 1.29 is 5.11 Å². The molecule has 0 amide bonds. The summed E-state index contributed by atoms with van der Waals surface area (Å²) in [7, 11) is 0. The lowest BCUT2D eigenvalue weighted by molar-refractivity contribution is 0.420. The van der Waals surface area contributed by atoms with Crippen LogP contribution in [0.3, 0.4) is 0 Å². The van der Waals surface area contributed by atoms with Gasteiger partial charge in [0.25, 0.3) is 5.56 Å². The maximum atomic E-state index is 12.1. The van der Waals surface area contributed by atoms with Gasteiger partial charge in [-0.25, -0.2) is 4.98 Å². The molecule has 1 heterocycles. The molecule has 3 rings (SSSR count). The van der Waals surface area contributed by atoms with Crippen LogP contribution in [0.4, 0.5) is 0 Å². The molecule has 0 spiro atoms. The van der Waals surface area contributed by atoms with Crippen molar-refractivity contribution in [3.63, 3.8) is 0 Å². The van der Waals surface area contributed by atoms with Gasteiger partial charge in [0.1, 0.15) is 17.4 Å². The topological polar surface area (TPSA) is 89.8 Å². The minimum atomic E-state index is -0.341. The Morgan fingerprint density at radius 1 is 1.17 bits per heavy atom. The van der Waals surface area contributed by atoms with Crippen molar-refractivity contribution in [2.75, 3.05) is 5.75 Å². The SMILES string of the molecule is N#C/C(=C(\O)CSc1ccccc1)c1nc2ccccc2c(=O)[nH]1. The maximum Gasteiger partial charge on any atom is 0.259 e. The Balaban J connectivity index is 1.95. The van der Waals surface area contributed by atoms with Crippen LogP contribution >= 0.6 is 11.8 Å². The highest BCUT2D eigenvalue weighted by atomic mass is 32.2. The zero-order chi connectivity index (χ0) is 16.9. The first-order valence-corrected chi connectivity index (χ1v) is 8.17. The summed E-state index contributed by atoms with van der Waals surface area (Å²) in [5.41, 5.74) is 0.112. The summed E-state index contributed by atoms with van der Waals surface area (Å²) < 4.78 is 0. The van der Waals surface area contributed by atoms with Crippen molar-refractivity contribution in [1.29, 1.82) is 5.26 Å². The maximum absolute atomic E-state index is 12.1. The summed E-state index contributed by atoms with van der Waals surface area (Å²) in [6.07, 6.45) is 0. The lowest BCUT2D eigenvalue weighted by Gasteiger charge is -2.05. The van der Waals surface area contributed by atoms with Gasteiger partial charge in [0.2, 0.25) is 0 Å². The van der Waals surface area contributed by atoms with Crippen molar-refractivity contribution >= 4 is 28.2 Å². The Bertz CT molecular complexity index is 1000. The normalized spacial score (nSPS) is 11.8. The lowest BCUT2D eigenvalue weighted by Crippen LogP contribution is -2.12. The number of aromatic nitrogens is 2. The second kappa shape index (κ2) is 7.02. The number of H-pyrrole nitrogens is 1. The van der Waals surface area contributed by atoms with E-state index in [2.05, 4.69) is 9.97 Å². The third kappa shape index (κ3) is 3.31. The number of nitrogens with one attached hydrogen (secondary N) is 1. The van der Waals surface area contributed by atoms with Gasteiger partial charge in [0, 0.05) is 4.90 Å². The van der Waals surface area contributed by atoms with Crippen molar-refractivity contribution in [3.05, 3.63) is 76.5 Å². The number of aromatic amines is 1. The fraction of sp³-hybridized carbons (Fsp3) is 0.0556. The highest BCUT2D eigenvalue weighted by molar-refractivity contribution is 7.99. The van der Waals surface area contributed by atoms with Crippen LogP contribution in [-0.2, 0) is 0 Å². The summed E-state index contributed by atoms with van der Waals surface area (Å²) in [6, 6.07) is 18.3. The van der Waals surface area contributed by atoms with Gasteiger partial charge in [0.15, 0.2) is 5.82 Å². The molecule has 3 aromatic rings. The largest absolute Gasteiger partial charge is 0.510 e. The van der Waals surface area contributed by atoms with Crippen molar-refractivity contribution in [1.82, 2.24) is 9.97 Å². The first-order valence-electron chi connectivity index (χ1n) is 7.18. The molecule has 0 unspecified atom stereocenters. The van der Waals surface area contributed by atoms with E-state index in [1.54, 1.807) is 24.3 Å². The van der Waals surface area contributed by atoms with Gasteiger partial charge in [-0.05, 0) is 24.3 Å². The zero-order valence-corrected chi connectivity index (χ0v) is 13.4. The molecule has 0 saturated heterocycles. The standard InChI is InChI=1S/C18H13N3O2S/c19-10-14(16(22)11-24-12-6-2-1-3-7-12)17-20-15-9-5-4-8-13(15)18(23)21-17/h1-9,22H,11H2,(H,20,21,23)/b16-14+. The van der Waals surface area contributed by atoms with Crippen LogP contribution < -0.4 is 5.56 Å². The molecule has 0 aliphatic carbocycles. The van der Waals surface area contributed by atoms with Gasteiger partial charge in [-0.2, -0.15) is 5.26 Å². The van der Waals surface area contributed by atoms with Gasteiger partial charge in [-0.1, -0.05) is 30.3 Å². The molecule has 6 heteroatoms. The Morgan fingerprint density at radius 2 is 1.88 bits per heavy atom. The summed E-state index contributed by atoms with van der Waals surface area (Å²) in [5.74, 6) is 0.167. The van der Waals surface area contributed by atoms with Crippen molar-refractivity contribution in [3.8, 4) is 6.07 Å². The van der Waals surface area contributed by atoms with Crippen LogP contribution in [0.15, 0.2) is 70.0 Å². The third-order valence-electron chi connectivity index (χ3n) is 3.37. The molecule has 0 aliphatic heterocycles. The molecule has 0 bridgehead atoms. The van der Waals surface area contributed by atoms with Gasteiger partial charge < -0.3 is 10.1 Å². The smallest absolute Gasteiger partial charge is 0.259 e. The van der Waals surface area contributed by atoms with E-state index >= 15 is 0 Å². The van der Waals surface area contributed by atoms with Crippen LogP contribution in [0.2, 0.25) is 0 Å². The monoisotopic (exact) mass is 335 g/mol. The Kier molecular flexibility index (Phi) is 4.64. The predicted molar refractivity (Wildman–Crippen MR) is 94.7 cm³/mol. The van der Waals surface area contributed by atoms with Crippen LogP contribution in [0.1, 0.15) is 5.82 Å². The number of rotatable bonds is 4. The van der Waals surface area contributed by atoms with Crippen molar-refractivity contribution in [2.24, 2.45) is 0 Å². The number of allylic oxidation sites excluding steroid dienone is 1. The summed E-state index contributed by atoms with van der Waals surface area (Å²) in [6.45, 7) is 0. The Morgan fingerprint density at radius 3 is 2.62 bits per heavy atom. The molecular formula is C18H13N3O2S. The first kappa shape index (κ1) is 15.8. The van der Waals surface area contributed by atoms with Gasteiger partial charge in [-0.3, -0.25) is 4.79 Å².